The first-order valence-electron chi connectivity index (χ1n) is 7.97. The van der Waals surface area contributed by atoms with Crippen LogP contribution >= 0.6 is 0 Å². The molecular formula is C18H26FN3. The van der Waals surface area contributed by atoms with Crippen LogP contribution < -0.4 is 10.6 Å². The van der Waals surface area contributed by atoms with Gasteiger partial charge in [-0.3, -0.25) is 4.99 Å². The molecular weight excluding hydrogens is 277 g/mol. The maximum Gasteiger partial charge on any atom is 0.191 e. The fraction of sp³-hybridized carbons (Fsp3) is 0.500. The number of hydrogen-bond donors (Lipinski definition) is 2. The Bertz CT molecular complexity index is 541. The molecule has 0 saturated carbocycles. The van der Waals surface area contributed by atoms with E-state index < -0.39 is 0 Å². The topological polar surface area (TPSA) is 36.4 Å². The average Bonchev–Trinajstić information content (AvgIpc) is 2.98. The molecule has 4 heteroatoms. The molecule has 0 fully saturated rings. The summed E-state index contributed by atoms with van der Waals surface area (Å²) in [5.41, 5.74) is 0.757. The molecule has 1 aliphatic carbocycles. The van der Waals surface area contributed by atoms with Crippen molar-refractivity contribution in [3.8, 4) is 0 Å². The van der Waals surface area contributed by atoms with Gasteiger partial charge < -0.3 is 10.6 Å². The van der Waals surface area contributed by atoms with E-state index in [4.69, 9.17) is 4.99 Å². The van der Waals surface area contributed by atoms with Gasteiger partial charge in [0.1, 0.15) is 5.82 Å². The molecule has 1 aliphatic rings. The van der Waals surface area contributed by atoms with Gasteiger partial charge in [-0.2, -0.15) is 0 Å². The highest BCUT2D eigenvalue weighted by Crippen LogP contribution is 2.24. The van der Waals surface area contributed by atoms with Crippen molar-refractivity contribution in [3.63, 3.8) is 0 Å². The van der Waals surface area contributed by atoms with Crippen LogP contribution in [0.15, 0.2) is 41.4 Å². The van der Waals surface area contributed by atoms with Crippen LogP contribution in [0.2, 0.25) is 0 Å². The smallest absolute Gasteiger partial charge is 0.191 e. The zero-order valence-electron chi connectivity index (χ0n) is 13.7. The summed E-state index contributed by atoms with van der Waals surface area (Å²) in [5, 5.41) is 6.74. The van der Waals surface area contributed by atoms with Crippen molar-refractivity contribution in [1.29, 1.82) is 0 Å². The summed E-state index contributed by atoms with van der Waals surface area (Å²) in [4.78, 5) is 4.70. The van der Waals surface area contributed by atoms with Gasteiger partial charge in [-0.05, 0) is 37.5 Å². The van der Waals surface area contributed by atoms with Gasteiger partial charge in [-0.15, -0.1) is 0 Å². The summed E-state index contributed by atoms with van der Waals surface area (Å²) in [5.74, 6) is 0.636. The highest BCUT2D eigenvalue weighted by Gasteiger charge is 2.21. The third-order valence-electron chi connectivity index (χ3n) is 3.93. The number of guanidine groups is 1. The van der Waals surface area contributed by atoms with Gasteiger partial charge in [0.2, 0.25) is 0 Å². The number of hydrogen-bond acceptors (Lipinski definition) is 1. The first-order valence-corrected chi connectivity index (χ1v) is 7.97. The Morgan fingerprint density at radius 2 is 2.05 bits per heavy atom. The van der Waals surface area contributed by atoms with E-state index in [9.17, 15) is 4.39 Å². The summed E-state index contributed by atoms with van der Waals surface area (Å²) >= 11 is 0. The predicted molar refractivity (Wildman–Crippen MR) is 90.7 cm³/mol. The summed E-state index contributed by atoms with van der Waals surface area (Å²) in [6.07, 6.45) is 6.46. The van der Waals surface area contributed by atoms with Crippen LogP contribution in [0, 0.1) is 5.82 Å². The fourth-order valence-corrected chi connectivity index (χ4v) is 2.53. The lowest BCUT2D eigenvalue weighted by Crippen LogP contribution is -2.43. The Morgan fingerprint density at radius 3 is 2.68 bits per heavy atom. The van der Waals surface area contributed by atoms with Crippen LogP contribution in [0.1, 0.15) is 39.2 Å². The molecule has 0 amide bonds. The van der Waals surface area contributed by atoms with Crippen LogP contribution in [0.3, 0.4) is 0 Å². The van der Waals surface area contributed by atoms with Crippen LogP contribution in [-0.4, -0.2) is 25.1 Å². The summed E-state index contributed by atoms with van der Waals surface area (Å²) < 4.78 is 13.4. The summed E-state index contributed by atoms with van der Waals surface area (Å²) in [6, 6.07) is 7.21. The number of halogens is 1. The monoisotopic (exact) mass is 303 g/mol. The largest absolute Gasteiger partial charge is 0.357 e. The molecule has 2 N–H and O–H groups in total. The van der Waals surface area contributed by atoms with Gasteiger partial charge >= 0.3 is 0 Å². The molecule has 0 aromatic heterocycles. The fourth-order valence-electron chi connectivity index (χ4n) is 2.53. The van der Waals surface area contributed by atoms with Gasteiger partial charge in [-0.1, -0.05) is 38.1 Å². The molecule has 2 rings (SSSR count). The standard InChI is InChI=1S/C18H26FN3/c1-4-20-17(22-16-10-5-6-11-16)21-13-18(2,3)14-8-7-9-15(19)12-14/h5-9,12,16H,4,10-11,13H2,1-3H3,(H2,20,21,22). The van der Waals surface area contributed by atoms with Gasteiger partial charge in [-0.25, -0.2) is 4.39 Å². The Morgan fingerprint density at radius 1 is 1.32 bits per heavy atom. The molecule has 0 spiro atoms. The number of aliphatic imine (C=N–C) groups is 1. The van der Waals surface area contributed by atoms with E-state index in [1.54, 1.807) is 12.1 Å². The highest BCUT2D eigenvalue weighted by atomic mass is 19.1. The van der Waals surface area contributed by atoms with Gasteiger partial charge in [0.25, 0.3) is 0 Å². The lowest BCUT2D eigenvalue weighted by atomic mass is 9.85. The first kappa shape index (κ1) is 16.5. The maximum atomic E-state index is 13.4. The Hall–Kier alpha value is -1.84. The minimum atomic E-state index is -0.210. The van der Waals surface area contributed by atoms with Crippen LogP contribution in [0.5, 0.6) is 0 Å². The number of rotatable bonds is 5. The average molecular weight is 303 g/mol. The van der Waals surface area contributed by atoms with Crippen molar-refractivity contribution in [2.75, 3.05) is 13.1 Å². The lowest BCUT2D eigenvalue weighted by molar-refractivity contribution is 0.527. The van der Waals surface area contributed by atoms with E-state index in [0.717, 1.165) is 30.9 Å². The van der Waals surface area contributed by atoms with Crippen molar-refractivity contribution >= 4 is 5.96 Å². The number of nitrogens with one attached hydrogen (secondary N) is 2. The molecule has 0 radical (unpaired) electrons. The predicted octanol–water partition coefficient (Wildman–Crippen LogP) is 3.38. The Kier molecular flexibility index (Phi) is 5.58. The molecule has 22 heavy (non-hydrogen) atoms. The highest BCUT2D eigenvalue weighted by molar-refractivity contribution is 5.80. The summed E-state index contributed by atoms with van der Waals surface area (Å²) in [6.45, 7) is 7.66. The van der Waals surface area contributed by atoms with E-state index in [1.807, 2.05) is 6.07 Å². The van der Waals surface area contributed by atoms with Crippen LogP contribution in [-0.2, 0) is 5.41 Å². The molecule has 0 heterocycles. The lowest BCUT2D eigenvalue weighted by Gasteiger charge is -2.24. The molecule has 0 aliphatic heterocycles. The maximum absolute atomic E-state index is 13.4. The van der Waals surface area contributed by atoms with E-state index in [-0.39, 0.29) is 11.2 Å². The molecule has 0 saturated heterocycles. The van der Waals surface area contributed by atoms with Gasteiger partial charge in [0.15, 0.2) is 5.96 Å². The zero-order valence-corrected chi connectivity index (χ0v) is 13.7. The summed E-state index contributed by atoms with van der Waals surface area (Å²) in [7, 11) is 0. The SMILES string of the molecule is CCNC(=NCC(C)(C)c1cccc(F)c1)NC1CC=CC1. The quantitative estimate of drug-likeness (QED) is 0.497. The second kappa shape index (κ2) is 7.43. The molecule has 1 aromatic rings. The molecule has 3 nitrogen and oxygen atoms in total. The zero-order chi connectivity index (χ0) is 16.0. The molecule has 0 unspecified atom stereocenters. The molecule has 0 bridgehead atoms. The van der Waals surface area contributed by atoms with Crippen LogP contribution in [0.4, 0.5) is 4.39 Å². The Labute approximate surface area is 132 Å². The normalized spacial score (nSPS) is 16.1. The van der Waals surface area contributed by atoms with Crippen molar-refractivity contribution in [1.82, 2.24) is 10.6 Å². The first-order chi connectivity index (χ1) is 10.5. The van der Waals surface area contributed by atoms with Gasteiger partial charge in [0.05, 0.1) is 6.54 Å². The molecule has 120 valence electrons. The van der Waals surface area contributed by atoms with E-state index in [2.05, 4.69) is 43.6 Å². The van der Waals surface area contributed by atoms with E-state index in [1.165, 1.54) is 6.07 Å². The second-order valence-corrected chi connectivity index (χ2v) is 6.37. The third-order valence-corrected chi connectivity index (χ3v) is 3.93. The number of nitrogens with zero attached hydrogens (tertiary/aromatic N) is 1. The third kappa shape index (κ3) is 4.58. The van der Waals surface area contributed by atoms with Crippen molar-refractivity contribution in [2.24, 2.45) is 4.99 Å². The Balaban J connectivity index is 2.04. The van der Waals surface area contributed by atoms with Crippen molar-refractivity contribution in [3.05, 3.63) is 47.8 Å². The number of benzene rings is 1. The van der Waals surface area contributed by atoms with Gasteiger partial charge in [0, 0.05) is 18.0 Å². The molecule has 1 aromatic carbocycles. The minimum absolute atomic E-state index is 0.198. The minimum Gasteiger partial charge on any atom is -0.357 e. The van der Waals surface area contributed by atoms with Crippen molar-refractivity contribution < 1.29 is 4.39 Å². The van der Waals surface area contributed by atoms with E-state index >= 15 is 0 Å². The van der Waals surface area contributed by atoms with Crippen molar-refractivity contribution in [2.45, 2.75) is 45.1 Å². The molecule has 0 atom stereocenters. The second-order valence-electron chi connectivity index (χ2n) is 6.37. The van der Waals surface area contributed by atoms with E-state index in [0.29, 0.717) is 12.6 Å². The van der Waals surface area contributed by atoms with Crippen LogP contribution in [0.25, 0.3) is 0 Å².